The zero-order valence-corrected chi connectivity index (χ0v) is 21.3. The van der Waals surface area contributed by atoms with Crippen molar-refractivity contribution in [1.29, 1.82) is 0 Å². The van der Waals surface area contributed by atoms with Gasteiger partial charge in [0, 0.05) is 0 Å². The van der Waals surface area contributed by atoms with Gasteiger partial charge < -0.3 is 10.2 Å². The van der Waals surface area contributed by atoms with Crippen molar-refractivity contribution in [3.8, 4) is 0 Å². The maximum Gasteiger partial charge on any atom is 0.416 e. The fourth-order valence-corrected chi connectivity index (χ4v) is 8.89. The van der Waals surface area contributed by atoms with Gasteiger partial charge in [-0.05, 0) is 118 Å². The third-order valence-corrected chi connectivity index (χ3v) is 11.1. The Morgan fingerprint density at radius 3 is 2.42 bits per heavy atom. The zero-order valence-electron chi connectivity index (χ0n) is 21.3. The van der Waals surface area contributed by atoms with Crippen LogP contribution in [0.4, 0.5) is 13.2 Å². The second-order valence-corrected chi connectivity index (χ2v) is 13.3. The van der Waals surface area contributed by atoms with Gasteiger partial charge in [0.1, 0.15) is 0 Å². The van der Waals surface area contributed by atoms with E-state index in [1.165, 1.54) is 31.3 Å². The second kappa shape index (κ2) is 8.25. The van der Waals surface area contributed by atoms with E-state index in [0.29, 0.717) is 36.0 Å². The molecule has 4 aliphatic rings. The number of halogens is 3. The number of hydrogen-bond donors (Lipinski definition) is 2. The van der Waals surface area contributed by atoms with Crippen LogP contribution in [0.3, 0.4) is 0 Å². The SMILES string of the molecule is C[C@H](CCC[C@@](C)(O)C(F)(F)F)[C@H]1CC[C@H]2[C@@H]3CC=C4C[C@@](C)(O)CC[C@]4(C)[C@H]3CC[C@]12C. The van der Waals surface area contributed by atoms with Crippen molar-refractivity contribution in [2.24, 2.45) is 40.4 Å². The molecule has 2 nitrogen and oxygen atoms in total. The van der Waals surface area contributed by atoms with E-state index in [2.05, 4.69) is 26.8 Å². The van der Waals surface area contributed by atoms with E-state index in [1.54, 1.807) is 0 Å². The van der Waals surface area contributed by atoms with Gasteiger partial charge in [0.2, 0.25) is 0 Å². The van der Waals surface area contributed by atoms with Crippen molar-refractivity contribution >= 4 is 0 Å². The summed E-state index contributed by atoms with van der Waals surface area (Å²) >= 11 is 0. The van der Waals surface area contributed by atoms with Gasteiger partial charge in [0.05, 0.1) is 5.60 Å². The molecule has 4 aliphatic carbocycles. The molecule has 0 aromatic carbocycles. The molecule has 0 bridgehead atoms. The van der Waals surface area contributed by atoms with Gasteiger partial charge in [-0.2, -0.15) is 13.2 Å². The van der Waals surface area contributed by atoms with Crippen molar-refractivity contribution in [3.05, 3.63) is 11.6 Å². The topological polar surface area (TPSA) is 40.5 Å². The Labute approximate surface area is 198 Å². The summed E-state index contributed by atoms with van der Waals surface area (Å²) in [4.78, 5) is 0. The summed E-state index contributed by atoms with van der Waals surface area (Å²) in [5.41, 5.74) is -1.16. The Bertz CT molecular complexity index is 770. The smallest absolute Gasteiger partial charge is 0.390 e. The van der Waals surface area contributed by atoms with Crippen LogP contribution >= 0.6 is 0 Å². The lowest BCUT2D eigenvalue weighted by Gasteiger charge is -2.59. The summed E-state index contributed by atoms with van der Waals surface area (Å²) in [5, 5.41) is 20.5. The molecule has 4 rings (SSSR count). The van der Waals surface area contributed by atoms with E-state index in [1.807, 2.05) is 6.92 Å². The Hall–Kier alpha value is -0.550. The van der Waals surface area contributed by atoms with Gasteiger partial charge in [-0.3, -0.25) is 0 Å². The molecule has 2 N–H and O–H groups in total. The lowest BCUT2D eigenvalue weighted by Crippen LogP contribution is -2.52. The largest absolute Gasteiger partial charge is 0.416 e. The highest BCUT2D eigenvalue weighted by Gasteiger charge is 2.59. The Morgan fingerprint density at radius 2 is 1.76 bits per heavy atom. The predicted octanol–water partition coefficient (Wildman–Crippen LogP) is 7.44. The molecule has 0 unspecified atom stereocenters. The summed E-state index contributed by atoms with van der Waals surface area (Å²) in [7, 11) is 0. The molecule has 190 valence electrons. The van der Waals surface area contributed by atoms with Gasteiger partial charge in [0.25, 0.3) is 0 Å². The number of rotatable bonds is 5. The molecule has 0 heterocycles. The number of aliphatic hydroxyl groups is 2. The van der Waals surface area contributed by atoms with E-state index in [9.17, 15) is 23.4 Å². The molecular weight excluding hydrogens is 425 g/mol. The summed E-state index contributed by atoms with van der Waals surface area (Å²) in [6.45, 7) is 10.0. The monoisotopic (exact) mass is 470 g/mol. The van der Waals surface area contributed by atoms with Crippen LogP contribution in [-0.2, 0) is 0 Å². The number of fused-ring (bicyclic) bond motifs is 5. The maximum atomic E-state index is 13.0. The minimum atomic E-state index is -4.56. The first-order chi connectivity index (χ1) is 15.1. The van der Waals surface area contributed by atoms with Gasteiger partial charge in [0.15, 0.2) is 5.60 Å². The van der Waals surface area contributed by atoms with Crippen LogP contribution in [-0.4, -0.2) is 27.6 Å². The van der Waals surface area contributed by atoms with Crippen molar-refractivity contribution in [2.45, 2.75) is 123 Å². The first-order valence-electron chi connectivity index (χ1n) is 13.3. The normalized spacial score (nSPS) is 45.9. The van der Waals surface area contributed by atoms with E-state index in [0.717, 1.165) is 39.0 Å². The highest BCUT2D eigenvalue weighted by Crippen LogP contribution is 2.67. The van der Waals surface area contributed by atoms with Crippen LogP contribution < -0.4 is 0 Å². The average molecular weight is 471 g/mol. The molecule has 3 fully saturated rings. The van der Waals surface area contributed by atoms with Crippen molar-refractivity contribution in [3.63, 3.8) is 0 Å². The lowest BCUT2D eigenvalue weighted by molar-refractivity contribution is -0.255. The Kier molecular flexibility index (Phi) is 6.39. The predicted molar refractivity (Wildman–Crippen MR) is 126 cm³/mol. The minimum Gasteiger partial charge on any atom is -0.390 e. The number of hydrogen-bond acceptors (Lipinski definition) is 2. The molecule has 0 aliphatic heterocycles. The molecule has 33 heavy (non-hydrogen) atoms. The van der Waals surface area contributed by atoms with Gasteiger partial charge in [-0.25, -0.2) is 0 Å². The van der Waals surface area contributed by atoms with Crippen LogP contribution in [0.5, 0.6) is 0 Å². The summed E-state index contributed by atoms with van der Waals surface area (Å²) < 4.78 is 39.1. The average Bonchev–Trinajstić information content (AvgIpc) is 3.04. The molecule has 0 radical (unpaired) electrons. The summed E-state index contributed by atoms with van der Waals surface area (Å²) in [5.74, 6) is 3.03. The van der Waals surface area contributed by atoms with Crippen molar-refractivity contribution < 1.29 is 23.4 Å². The molecule has 0 aromatic rings. The standard InChI is InChI=1S/C28H45F3O2/c1-18(7-6-13-27(5,33)28(29,30)31)21-10-11-22-20-9-8-19-17-24(2,32)15-16-25(19,3)23(20)12-14-26(21,22)4/h8,18,20-23,32-33H,6-7,9-17H2,1-5H3/t18-,20+,21-,22+,23+,24+,25+,26-,27-/m1/s1. The highest BCUT2D eigenvalue weighted by molar-refractivity contribution is 5.26. The molecular formula is C28H45F3O2. The third kappa shape index (κ3) is 4.32. The van der Waals surface area contributed by atoms with Crippen LogP contribution in [0.2, 0.25) is 0 Å². The van der Waals surface area contributed by atoms with E-state index in [4.69, 9.17) is 0 Å². The van der Waals surface area contributed by atoms with Crippen molar-refractivity contribution in [1.82, 2.24) is 0 Å². The highest BCUT2D eigenvalue weighted by atomic mass is 19.4. The quantitative estimate of drug-likeness (QED) is 0.410. The molecule has 0 amide bonds. The first kappa shape index (κ1) is 25.5. The van der Waals surface area contributed by atoms with Crippen molar-refractivity contribution in [2.75, 3.05) is 0 Å². The number of alkyl halides is 3. The minimum absolute atomic E-state index is 0.214. The molecule has 3 saturated carbocycles. The molecule has 9 atom stereocenters. The van der Waals surface area contributed by atoms with Gasteiger partial charge in [-0.15, -0.1) is 0 Å². The third-order valence-electron chi connectivity index (χ3n) is 11.1. The fraction of sp³-hybridized carbons (Fsp3) is 0.929. The van der Waals surface area contributed by atoms with Gasteiger partial charge in [-0.1, -0.05) is 38.8 Å². The molecule has 5 heteroatoms. The van der Waals surface area contributed by atoms with Gasteiger partial charge >= 0.3 is 6.18 Å². The fourth-order valence-electron chi connectivity index (χ4n) is 8.89. The summed E-state index contributed by atoms with van der Waals surface area (Å²) in [6.07, 6.45) is 7.64. The second-order valence-electron chi connectivity index (χ2n) is 13.3. The van der Waals surface area contributed by atoms with Crippen LogP contribution in [0.1, 0.15) is 105 Å². The Morgan fingerprint density at radius 1 is 1.06 bits per heavy atom. The molecule has 0 spiro atoms. The van der Waals surface area contributed by atoms with Crippen LogP contribution in [0.15, 0.2) is 11.6 Å². The summed E-state index contributed by atoms with van der Waals surface area (Å²) in [6, 6.07) is 0. The maximum absolute atomic E-state index is 13.0. The van der Waals surface area contributed by atoms with E-state index in [-0.39, 0.29) is 17.3 Å². The Balaban J connectivity index is 1.44. The number of allylic oxidation sites excluding steroid dienone is 1. The zero-order chi connectivity index (χ0) is 24.4. The molecule has 0 aromatic heterocycles. The molecule has 0 saturated heterocycles. The first-order valence-corrected chi connectivity index (χ1v) is 13.3. The lowest BCUT2D eigenvalue weighted by atomic mass is 9.46. The van der Waals surface area contributed by atoms with Crippen LogP contribution in [0, 0.1) is 40.4 Å². The van der Waals surface area contributed by atoms with E-state index >= 15 is 0 Å². The van der Waals surface area contributed by atoms with Crippen LogP contribution in [0.25, 0.3) is 0 Å². The van der Waals surface area contributed by atoms with E-state index < -0.39 is 17.4 Å².